The molecule has 0 heterocycles. The molecule has 0 amide bonds. The molecule has 5 rings (SSSR count). The molecule has 3 nitrogen and oxygen atoms in total. The van der Waals surface area contributed by atoms with Crippen LogP contribution in [0.4, 0.5) is 5.69 Å². The van der Waals surface area contributed by atoms with E-state index >= 15 is 0 Å². The summed E-state index contributed by atoms with van der Waals surface area (Å²) in [4.78, 5) is 0. The lowest BCUT2D eigenvalue weighted by Gasteiger charge is -2.11. The molecule has 4 heteroatoms. The molecule has 0 saturated heterocycles. The van der Waals surface area contributed by atoms with Crippen molar-refractivity contribution >= 4 is 27.4 Å². The number of nitrogens with one attached hydrogen (secondary N) is 1. The third-order valence-electron chi connectivity index (χ3n) is 6.01. The zero-order valence-corrected chi connectivity index (χ0v) is 19.8. The van der Waals surface area contributed by atoms with Crippen LogP contribution in [0.3, 0.4) is 0 Å². The van der Waals surface area contributed by atoms with E-state index in [2.05, 4.69) is 77.2 Å². The first-order valence-electron chi connectivity index (χ1n) is 11.3. The molecule has 1 aliphatic carbocycles. The summed E-state index contributed by atoms with van der Waals surface area (Å²) in [7, 11) is -3.33. The smallest absolute Gasteiger partial charge is 0.229 e. The van der Waals surface area contributed by atoms with Gasteiger partial charge < -0.3 is 0 Å². The van der Waals surface area contributed by atoms with Gasteiger partial charge in [0, 0.05) is 11.3 Å². The van der Waals surface area contributed by atoms with Crippen LogP contribution in [0.5, 0.6) is 0 Å². The Balaban J connectivity index is 1.63. The maximum absolute atomic E-state index is 11.6. The second kappa shape index (κ2) is 9.18. The summed E-state index contributed by atoms with van der Waals surface area (Å²) in [5, 5.41) is 0. The summed E-state index contributed by atoms with van der Waals surface area (Å²) in [6.45, 7) is 0. The van der Waals surface area contributed by atoms with Crippen molar-refractivity contribution in [2.24, 2.45) is 0 Å². The third-order valence-corrected chi connectivity index (χ3v) is 6.61. The first-order chi connectivity index (χ1) is 16.5. The molecule has 1 aliphatic rings. The molecule has 0 saturated carbocycles. The Morgan fingerprint density at radius 2 is 1.47 bits per heavy atom. The number of hydrogen-bond donors (Lipinski definition) is 1. The second-order valence-electron chi connectivity index (χ2n) is 8.56. The van der Waals surface area contributed by atoms with E-state index in [1.165, 1.54) is 33.4 Å². The fourth-order valence-electron chi connectivity index (χ4n) is 4.47. The first-order valence-corrected chi connectivity index (χ1v) is 13.2. The lowest BCUT2D eigenvalue weighted by molar-refractivity contribution is 0.607. The topological polar surface area (TPSA) is 46.2 Å². The van der Waals surface area contributed by atoms with Crippen molar-refractivity contribution in [1.82, 2.24) is 0 Å². The molecule has 0 atom stereocenters. The van der Waals surface area contributed by atoms with Gasteiger partial charge in [-0.15, -0.1) is 5.73 Å². The van der Waals surface area contributed by atoms with Crippen molar-refractivity contribution in [1.29, 1.82) is 0 Å². The Morgan fingerprint density at radius 3 is 2.29 bits per heavy atom. The molecule has 0 unspecified atom stereocenters. The summed E-state index contributed by atoms with van der Waals surface area (Å²) in [5.74, 6) is 0. The highest BCUT2D eigenvalue weighted by Crippen LogP contribution is 2.35. The minimum absolute atomic E-state index is 0.539. The molecule has 0 aliphatic heterocycles. The van der Waals surface area contributed by atoms with Gasteiger partial charge >= 0.3 is 0 Å². The first kappa shape index (κ1) is 22.0. The van der Waals surface area contributed by atoms with E-state index in [9.17, 15) is 8.42 Å². The van der Waals surface area contributed by atoms with Gasteiger partial charge in [-0.1, -0.05) is 84.9 Å². The Bertz CT molecular complexity index is 1530. The van der Waals surface area contributed by atoms with E-state index in [4.69, 9.17) is 0 Å². The van der Waals surface area contributed by atoms with Crippen LogP contribution in [0, 0.1) is 0 Å². The van der Waals surface area contributed by atoms with Crippen LogP contribution in [0.15, 0.2) is 103 Å². The van der Waals surface area contributed by atoms with Gasteiger partial charge in [-0.2, -0.15) is 0 Å². The molecular formula is C30H25NO2S. The minimum atomic E-state index is -3.33. The van der Waals surface area contributed by atoms with Gasteiger partial charge in [0.2, 0.25) is 10.0 Å². The average molecular weight is 464 g/mol. The highest BCUT2D eigenvalue weighted by atomic mass is 32.2. The van der Waals surface area contributed by atoms with Gasteiger partial charge in [0.25, 0.3) is 0 Å². The quantitative estimate of drug-likeness (QED) is 0.348. The van der Waals surface area contributed by atoms with Crippen molar-refractivity contribution in [3.63, 3.8) is 0 Å². The van der Waals surface area contributed by atoms with Crippen LogP contribution in [0.25, 0.3) is 22.8 Å². The largest absolute Gasteiger partial charge is 0.284 e. The Hall–Kier alpha value is -3.85. The maximum Gasteiger partial charge on any atom is 0.229 e. The lowest BCUT2D eigenvalue weighted by Crippen LogP contribution is -2.09. The van der Waals surface area contributed by atoms with Crippen LogP contribution >= 0.6 is 0 Å². The van der Waals surface area contributed by atoms with Gasteiger partial charge in [-0.3, -0.25) is 4.72 Å². The van der Waals surface area contributed by atoms with Crippen LogP contribution in [-0.2, 0) is 22.9 Å². The molecule has 168 valence electrons. The molecule has 34 heavy (non-hydrogen) atoms. The molecule has 4 aromatic rings. The number of sulfonamides is 1. The second-order valence-corrected chi connectivity index (χ2v) is 10.3. The van der Waals surface area contributed by atoms with Crippen LogP contribution in [0.1, 0.15) is 27.8 Å². The third kappa shape index (κ3) is 4.89. The average Bonchev–Trinajstić information content (AvgIpc) is 2.99. The van der Waals surface area contributed by atoms with Gasteiger partial charge in [0.05, 0.1) is 6.26 Å². The zero-order chi connectivity index (χ0) is 23.5. The number of rotatable bonds is 4. The number of hydrogen-bond acceptors (Lipinski definition) is 2. The molecule has 0 fully saturated rings. The molecule has 0 bridgehead atoms. The fraction of sp³-hybridized carbons (Fsp3) is 0.100. The summed E-state index contributed by atoms with van der Waals surface area (Å²) in [6, 6.07) is 33.0. The van der Waals surface area contributed by atoms with Crippen molar-refractivity contribution < 1.29 is 8.42 Å². The standard InChI is InChI=1S/C30H25NO2S/c1-34(32,33)31-27-12-7-8-22(20-27)14-18-30-28-13-6-5-11-24(28)15-16-26-21-25(17-19-29(26)30)23-9-3-2-4-10-23/h2-14,17,19-21,31H,15-16H2,1H3. The summed E-state index contributed by atoms with van der Waals surface area (Å²) in [6.07, 6.45) is 5.02. The highest BCUT2D eigenvalue weighted by molar-refractivity contribution is 7.92. The number of benzene rings is 4. The van der Waals surface area contributed by atoms with E-state index in [0.717, 1.165) is 30.2 Å². The molecular weight excluding hydrogens is 438 g/mol. The van der Waals surface area contributed by atoms with Crippen molar-refractivity contribution in [2.45, 2.75) is 12.8 Å². The van der Waals surface area contributed by atoms with Gasteiger partial charge in [-0.05, 0) is 70.0 Å². The Morgan fingerprint density at radius 1 is 0.735 bits per heavy atom. The van der Waals surface area contributed by atoms with E-state index < -0.39 is 10.0 Å². The van der Waals surface area contributed by atoms with Crippen LogP contribution in [0.2, 0.25) is 0 Å². The van der Waals surface area contributed by atoms with Crippen molar-refractivity contribution in [3.8, 4) is 11.1 Å². The summed E-state index contributed by atoms with van der Waals surface area (Å²) in [5.41, 5.74) is 13.5. The summed E-state index contributed by atoms with van der Waals surface area (Å²) < 4.78 is 25.8. The Labute approximate surface area is 201 Å². The maximum atomic E-state index is 11.6. The van der Waals surface area contributed by atoms with Gasteiger partial charge in [-0.25, -0.2) is 8.42 Å². The van der Waals surface area contributed by atoms with Gasteiger partial charge in [0.15, 0.2) is 0 Å². The SMILES string of the molecule is CS(=O)(=O)Nc1cccc(C=C=C2c3ccccc3CCc3cc(-c4ccccc4)ccc32)c1. The van der Waals surface area contributed by atoms with E-state index in [-0.39, 0.29) is 0 Å². The minimum Gasteiger partial charge on any atom is -0.284 e. The van der Waals surface area contributed by atoms with E-state index in [0.29, 0.717) is 5.69 Å². The van der Waals surface area contributed by atoms with Crippen molar-refractivity contribution in [2.75, 3.05) is 11.0 Å². The molecule has 4 aromatic carbocycles. The van der Waals surface area contributed by atoms with Crippen molar-refractivity contribution in [3.05, 3.63) is 131 Å². The highest BCUT2D eigenvalue weighted by Gasteiger charge is 2.18. The fourth-order valence-corrected chi connectivity index (χ4v) is 5.02. The molecule has 0 aromatic heterocycles. The van der Waals surface area contributed by atoms with E-state index in [1.807, 2.05) is 30.3 Å². The molecule has 0 radical (unpaired) electrons. The number of fused-ring (bicyclic) bond motifs is 2. The van der Waals surface area contributed by atoms with Gasteiger partial charge in [0.1, 0.15) is 0 Å². The molecule has 1 N–H and O–H groups in total. The molecule has 0 spiro atoms. The van der Waals surface area contributed by atoms with E-state index in [1.54, 1.807) is 6.07 Å². The zero-order valence-electron chi connectivity index (χ0n) is 19.0. The number of anilines is 1. The predicted octanol–water partition coefficient (Wildman–Crippen LogP) is 6.57. The Kier molecular flexibility index (Phi) is 5.93. The van der Waals surface area contributed by atoms with Crippen LogP contribution in [-0.4, -0.2) is 14.7 Å². The number of aryl methyl sites for hydroxylation is 2. The van der Waals surface area contributed by atoms with Crippen LogP contribution < -0.4 is 4.72 Å². The normalized spacial score (nSPS) is 12.7. The monoisotopic (exact) mass is 463 g/mol. The lowest BCUT2D eigenvalue weighted by atomic mass is 9.92. The predicted molar refractivity (Wildman–Crippen MR) is 141 cm³/mol. The summed E-state index contributed by atoms with van der Waals surface area (Å²) >= 11 is 0.